The lowest BCUT2D eigenvalue weighted by Crippen LogP contribution is -1.92. The van der Waals surface area contributed by atoms with E-state index in [0.29, 0.717) is 0 Å². The minimum absolute atomic E-state index is 1.01. The largest absolute Gasteiger partial charge is 0.362 e. The fourth-order valence-electron chi connectivity index (χ4n) is 1.62. The van der Waals surface area contributed by atoms with Gasteiger partial charge in [0.25, 0.3) is 0 Å². The van der Waals surface area contributed by atoms with Crippen molar-refractivity contribution in [1.82, 2.24) is 0 Å². The van der Waals surface area contributed by atoms with Crippen molar-refractivity contribution < 1.29 is 0 Å². The van der Waals surface area contributed by atoms with Gasteiger partial charge >= 0.3 is 0 Å². The molecule has 16 heavy (non-hydrogen) atoms. The van der Waals surface area contributed by atoms with E-state index >= 15 is 0 Å². The summed E-state index contributed by atoms with van der Waals surface area (Å²) in [4.78, 5) is 0. The molecule has 0 saturated heterocycles. The molecule has 1 aromatic rings. The third-order valence-corrected chi connectivity index (χ3v) is 2.92. The quantitative estimate of drug-likeness (QED) is 0.712. The van der Waals surface area contributed by atoms with Crippen molar-refractivity contribution in [2.24, 2.45) is 0 Å². The number of rotatable bonds is 5. The van der Waals surface area contributed by atoms with Gasteiger partial charge in [-0.15, -0.1) is 0 Å². The lowest BCUT2D eigenvalue weighted by Gasteiger charge is -2.08. The fraction of sp³-hybridized carbons (Fsp3) is 0.400. The first-order chi connectivity index (χ1) is 7.65. The summed E-state index contributed by atoms with van der Waals surface area (Å²) in [5.74, 6) is 0. The molecule has 0 fully saturated rings. The molecule has 87 valence electrons. The Bertz CT molecular complexity index is 341. The van der Waals surface area contributed by atoms with E-state index in [9.17, 15) is 0 Å². The third kappa shape index (κ3) is 3.73. The highest BCUT2D eigenvalue weighted by atomic mass is 14.8. The van der Waals surface area contributed by atoms with Crippen LogP contribution in [0.5, 0.6) is 0 Å². The van der Waals surface area contributed by atoms with Crippen molar-refractivity contribution in [2.45, 2.75) is 40.0 Å². The number of benzene rings is 1. The molecule has 1 heteroatoms. The van der Waals surface area contributed by atoms with Gasteiger partial charge in [-0.1, -0.05) is 19.4 Å². The van der Waals surface area contributed by atoms with E-state index < -0.39 is 0 Å². The molecule has 0 atom stereocenters. The Kier molecular flexibility index (Phi) is 5.10. The monoisotopic (exact) mass is 216 g/mol. The topological polar surface area (TPSA) is 12.0 Å². The average molecular weight is 216 g/mol. The Morgan fingerprint density at radius 3 is 2.38 bits per heavy atom. The average Bonchev–Trinajstić information content (AvgIpc) is 2.25. The molecule has 1 nitrogen and oxygen atoms in total. The van der Waals surface area contributed by atoms with Gasteiger partial charge in [-0.25, -0.2) is 0 Å². The third-order valence-electron chi connectivity index (χ3n) is 2.92. The Balaban J connectivity index is 2.58. The van der Waals surface area contributed by atoms with Crippen LogP contribution in [0.15, 0.2) is 24.4 Å². The normalized spacial score (nSPS) is 11.0. The van der Waals surface area contributed by atoms with Crippen LogP contribution in [0.4, 0.5) is 5.69 Å². The Morgan fingerprint density at radius 2 is 1.81 bits per heavy atom. The number of anilines is 1. The van der Waals surface area contributed by atoms with Crippen LogP contribution in [-0.2, 0) is 0 Å². The number of nitrogens with one attached hydrogen (secondary N) is 1. The number of unbranched alkanes of at least 4 members (excludes halogenated alkanes) is 2. The maximum atomic E-state index is 3.82. The van der Waals surface area contributed by atoms with Crippen molar-refractivity contribution in [1.29, 1.82) is 0 Å². The summed E-state index contributed by atoms with van der Waals surface area (Å²) < 4.78 is 0. The summed E-state index contributed by atoms with van der Waals surface area (Å²) >= 11 is 0. The molecule has 0 aromatic heterocycles. The van der Waals surface area contributed by atoms with E-state index in [1.165, 1.54) is 22.4 Å². The standard InChI is InChI=1S/C15H22N/c1-5-6-7-8-9-16-15-10-12(2)14(4)13(3)11-15/h8-11,16H,1,5-7H2,2-4H3. The second-order valence-electron chi connectivity index (χ2n) is 4.28. The number of aryl methyl sites for hydroxylation is 2. The molecule has 0 unspecified atom stereocenters. The molecule has 0 aliphatic rings. The van der Waals surface area contributed by atoms with E-state index in [1.54, 1.807) is 0 Å². The van der Waals surface area contributed by atoms with Gasteiger partial charge < -0.3 is 5.32 Å². The molecule has 0 heterocycles. The van der Waals surface area contributed by atoms with Crippen LogP contribution < -0.4 is 5.32 Å². The molecule has 0 spiro atoms. The summed E-state index contributed by atoms with van der Waals surface area (Å²) in [5.41, 5.74) is 5.24. The van der Waals surface area contributed by atoms with E-state index in [2.05, 4.69) is 51.2 Å². The van der Waals surface area contributed by atoms with Gasteiger partial charge in [0, 0.05) is 5.69 Å². The zero-order valence-corrected chi connectivity index (χ0v) is 10.6. The lowest BCUT2D eigenvalue weighted by atomic mass is 10.0. The lowest BCUT2D eigenvalue weighted by molar-refractivity contribution is 0.865. The highest BCUT2D eigenvalue weighted by Crippen LogP contribution is 2.18. The van der Waals surface area contributed by atoms with Gasteiger partial charge in [0.2, 0.25) is 0 Å². The zero-order valence-electron chi connectivity index (χ0n) is 10.6. The van der Waals surface area contributed by atoms with Gasteiger partial charge in [-0.2, -0.15) is 0 Å². The second-order valence-corrected chi connectivity index (χ2v) is 4.28. The van der Waals surface area contributed by atoms with Crippen LogP contribution in [0.3, 0.4) is 0 Å². The van der Waals surface area contributed by atoms with Crippen LogP contribution in [0.2, 0.25) is 0 Å². The fourth-order valence-corrected chi connectivity index (χ4v) is 1.62. The van der Waals surface area contributed by atoms with Gasteiger partial charge in [0.15, 0.2) is 0 Å². The van der Waals surface area contributed by atoms with Gasteiger partial charge in [-0.05, 0) is 68.6 Å². The highest BCUT2D eigenvalue weighted by Gasteiger charge is 1.98. The maximum Gasteiger partial charge on any atom is 0.0385 e. The zero-order chi connectivity index (χ0) is 12.0. The SMILES string of the molecule is [CH2]CCCC=CNc1cc(C)c(C)c(C)c1. The Labute approximate surface area is 99.6 Å². The highest BCUT2D eigenvalue weighted by molar-refractivity contribution is 5.53. The van der Waals surface area contributed by atoms with Crippen molar-refractivity contribution >= 4 is 5.69 Å². The van der Waals surface area contributed by atoms with Gasteiger partial charge in [0.1, 0.15) is 0 Å². The predicted octanol–water partition coefficient (Wildman–Crippen LogP) is 4.54. The Morgan fingerprint density at radius 1 is 1.19 bits per heavy atom. The summed E-state index contributed by atoms with van der Waals surface area (Å²) in [6.45, 7) is 10.3. The second kappa shape index (κ2) is 6.37. The molecule has 1 radical (unpaired) electrons. The van der Waals surface area contributed by atoms with Gasteiger partial charge in [0.05, 0.1) is 0 Å². The van der Waals surface area contributed by atoms with Crippen LogP contribution >= 0.6 is 0 Å². The van der Waals surface area contributed by atoms with Crippen molar-refractivity contribution in [3.8, 4) is 0 Å². The maximum absolute atomic E-state index is 3.82. The smallest absolute Gasteiger partial charge is 0.0385 e. The summed E-state index contributed by atoms with van der Waals surface area (Å²) in [6.07, 6.45) is 7.45. The van der Waals surface area contributed by atoms with Crippen LogP contribution in [0, 0.1) is 27.7 Å². The molecular formula is C15H22N. The van der Waals surface area contributed by atoms with E-state index in [-0.39, 0.29) is 0 Å². The molecule has 0 aliphatic carbocycles. The predicted molar refractivity (Wildman–Crippen MR) is 72.6 cm³/mol. The first kappa shape index (κ1) is 12.8. The summed E-state index contributed by atoms with van der Waals surface area (Å²) in [7, 11) is 0. The van der Waals surface area contributed by atoms with Crippen molar-refractivity contribution in [2.75, 3.05) is 5.32 Å². The van der Waals surface area contributed by atoms with Crippen LogP contribution in [-0.4, -0.2) is 0 Å². The molecule has 1 aromatic carbocycles. The van der Waals surface area contributed by atoms with Crippen LogP contribution in [0.1, 0.15) is 36.0 Å². The molecular weight excluding hydrogens is 194 g/mol. The minimum atomic E-state index is 1.01. The molecule has 0 saturated carbocycles. The first-order valence-corrected chi connectivity index (χ1v) is 5.93. The van der Waals surface area contributed by atoms with Crippen LogP contribution in [0.25, 0.3) is 0 Å². The van der Waals surface area contributed by atoms with Crippen molar-refractivity contribution in [3.05, 3.63) is 48.0 Å². The molecule has 1 rings (SSSR count). The van der Waals surface area contributed by atoms with Crippen molar-refractivity contribution in [3.63, 3.8) is 0 Å². The summed E-state index contributed by atoms with van der Waals surface area (Å²) in [5, 5.41) is 3.31. The molecule has 0 amide bonds. The molecule has 0 bridgehead atoms. The summed E-state index contributed by atoms with van der Waals surface area (Å²) in [6, 6.07) is 4.38. The van der Waals surface area contributed by atoms with E-state index in [0.717, 1.165) is 19.3 Å². The molecule has 1 N–H and O–H groups in total. The number of hydrogen-bond acceptors (Lipinski definition) is 1. The first-order valence-electron chi connectivity index (χ1n) is 5.93. The van der Waals surface area contributed by atoms with E-state index in [4.69, 9.17) is 0 Å². The molecule has 0 aliphatic heterocycles. The Hall–Kier alpha value is -1.24. The minimum Gasteiger partial charge on any atom is -0.362 e. The van der Waals surface area contributed by atoms with Gasteiger partial charge in [-0.3, -0.25) is 0 Å². The van der Waals surface area contributed by atoms with E-state index in [1.807, 2.05) is 6.20 Å². The number of allylic oxidation sites excluding steroid dienone is 1. The number of hydrogen-bond donors (Lipinski definition) is 1.